The molecule has 34 heavy (non-hydrogen) atoms. The van der Waals surface area contributed by atoms with Gasteiger partial charge in [0.15, 0.2) is 11.6 Å². The lowest BCUT2D eigenvalue weighted by molar-refractivity contribution is 0.103. The van der Waals surface area contributed by atoms with Gasteiger partial charge in [-0.3, -0.25) is 9.36 Å². The Kier molecular flexibility index (Phi) is 7.31. The van der Waals surface area contributed by atoms with Crippen LogP contribution in [0.2, 0.25) is 10.0 Å². The van der Waals surface area contributed by atoms with Crippen molar-refractivity contribution in [1.82, 2.24) is 20.1 Å². The van der Waals surface area contributed by atoms with Crippen LogP contribution in [0.4, 0.5) is 10.5 Å². The minimum atomic E-state index is -0.437. The number of aryl methyl sites for hydroxylation is 2. The zero-order valence-electron chi connectivity index (χ0n) is 18.4. The molecule has 2 amide bonds. The number of anilines is 1. The Bertz CT molecular complexity index is 1370. The van der Waals surface area contributed by atoms with Gasteiger partial charge in [0.05, 0.1) is 27.8 Å². The smallest absolute Gasteiger partial charge is 0.319 e. The van der Waals surface area contributed by atoms with Crippen LogP contribution < -0.4 is 10.6 Å². The number of urea groups is 1. The van der Waals surface area contributed by atoms with Crippen LogP contribution in [0.5, 0.6) is 0 Å². The standard InChI is InChI=1S/C24H21Cl2N5O2S/c1-3-15-12-17(22(32)16-8-4-5-9-18(16)25)23(34-15)31-14(2)29-30-21(31)13-27-24(33)28-20-11-7-6-10-19(20)26/h4-12H,3,13H2,1-2H3,(H2,27,28,33). The molecule has 0 saturated carbocycles. The first-order valence-corrected chi connectivity index (χ1v) is 12.1. The van der Waals surface area contributed by atoms with Crippen LogP contribution in [0.1, 0.15) is 39.4 Å². The van der Waals surface area contributed by atoms with Gasteiger partial charge in [0, 0.05) is 10.4 Å². The maximum atomic E-state index is 13.4. The van der Waals surface area contributed by atoms with Crippen molar-refractivity contribution in [2.75, 3.05) is 5.32 Å². The number of para-hydroxylation sites is 1. The lowest BCUT2D eigenvalue weighted by atomic mass is 10.0. The van der Waals surface area contributed by atoms with Crippen LogP contribution in [0, 0.1) is 6.92 Å². The van der Waals surface area contributed by atoms with E-state index >= 15 is 0 Å². The molecule has 0 aliphatic rings. The number of ketones is 1. The van der Waals surface area contributed by atoms with E-state index in [-0.39, 0.29) is 12.3 Å². The van der Waals surface area contributed by atoms with Crippen LogP contribution in [-0.2, 0) is 13.0 Å². The van der Waals surface area contributed by atoms with E-state index in [1.807, 2.05) is 13.0 Å². The van der Waals surface area contributed by atoms with E-state index in [4.69, 9.17) is 23.2 Å². The van der Waals surface area contributed by atoms with Crippen molar-refractivity contribution >= 4 is 52.0 Å². The third kappa shape index (κ3) is 4.99. The third-order valence-electron chi connectivity index (χ3n) is 5.10. The van der Waals surface area contributed by atoms with E-state index in [1.165, 1.54) is 11.3 Å². The average molecular weight is 514 g/mol. The summed E-state index contributed by atoms with van der Waals surface area (Å²) in [5.74, 6) is 0.908. The van der Waals surface area contributed by atoms with Gasteiger partial charge in [-0.15, -0.1) is 21.5 Å². The lowest BCUT2D eigenvalue weighted by Crippen LogP contribution is -2.29. The SMILES string of the molecule is CCc1cc(C(=O)c2ccccc2Cl)c(-n2c(C)nnc2CNC(=O)Nc2ccccc2Cl)s1. The zero-order chi connectivity index (χ0) is 24.2. The topological polar surface area (TPSA) is 88.9 Å². The number of nitrogens with zero attached hydrogens (tertiary/aromatic N) is 3. The zero-order valence-corrected chi connectivity index (χ0v) is 20.8. The van der Waals surface area contributed by atoms with E-state index in [9.17, 15) is 9.59 Å². The molecule has 0 bridgehead atoms. The highest BCUT2D eigenvalue weighted by Gasteiger charge is 2.24. The van der Waals surface area contributed by atoms with Crippen LogP contribution >= 0.6 is 34.5 Å². The summed E-state index contributed by atoms with van der Waals surface area (Å²) in [6, 6.07) is 15.4. The second-order valence-corrected chi connectivity index (χ2v) is 9.31. The lowest BCUT2D eigenvalue weighted by Gasteiger charge is -2.11. The molecule has 0 saturated heterocycles. The Balaban J connectivity index is 1.62. The van der Waals surface area contributed by atoms with Crippen LogP contribution in [-0.4, -0.2) is 26.6 Å². The van der Waals surface area contributed by atoms with E-state index in [2.05, 4.69) is 20.8 Å². The fraction of sp³-hybridized carbons (Fsp3) is 0.167. The summed E-state index contributed by atoms with van der Waals surface area (Å²) in [6.07, 6.45) is 0.766. The molecule has 2 aromatic carbocycles. The van der Waals surface area contributed by atoms with Crippen molar-refractivity contribution in [3.63, 3.8) is 0 Å². The Labute approximate surface area is 210 Å². The highest BCUT2D eigenvalue weighted by Crippen LogP contribution is 2.32. The number of nitrogens with one attached hydrogen (secondary N) is 2. The molecule has 7 nitrogen and oxygen atoms in total. The average Bonchev–Trinajstić information content (AvgIpc) is 3.42. The van der Waals surface area contributed by atoms with Crippen molar-refractivity contribution in [1.29, 1.82) is 0 Å². The third-order valence-corrected chi connectivity index (χ3v) is 7.02. The first-order valence-electron chi connectivity index (χ1n) is 10.5. The van der Waals surface area contributed by atoms with Crippen molar-refractivity contribution in [3.8, 4) is 5.00 Å². The fourth-order valence-corrected chi connectivity index (χ4v) is 4.96. The van der Waals surface area contributed by atoms with Crippen molar-refractivity contribution < 1.29 is 9.59 Å². The minimum Gasteiger partial charge on any atom is -0.331 e. The van der Waals surface area contributed by atoms with Gasteiger partial charge in [-0.25, -0.2) is 4.79 Å². The molecular formula is C24H21Cl2N5O2S. The number of thiophene rings is 1. The number of hydrogen-bond acceptors (Lipinski definition) is 5. The van der Waals surface area contributed by atoms with Crippen molar-refractivity contribution in [3.05, 3.63) is 92.3 Å². The molecule has 0 aliphatic carbocycles. The summed E-state index contributed by atoms with van der Waals surface area (Å²) < 4.78 is 1.80. The van der Waals surface area contributed by atoms with Gasteiger partial charge in [-0.05, 0) is 43.7 Å². The van der Waals surface area contributed by atoms with Gasteiger partial charge in [0.25, 0.3) is 0 Å². The Hall–Kier alpha value is -3.20. The second kappa shape index (κ2) is 10.4. The first-order chi connectivity index (χ1) is 16.4. The predicted molar refractivity (Wildman–Crippen MR) is 136 cm³/mol. The second-order valence-electron chi connectivity index (χ2n) is 7.38. The van der Waals surface area contributed by atoms with Gasteiger partial charge in [-0.1, -0.05) is 54.4 Å². The summed E-state index contributed by atoms with van der Waals surface area (Å²) >= 11 is 13.9. The number of hydrogen-bond donors (Lipinski definition) is 2. The number of benzene rings is 2. The van der Waals surface area contributed by atoms with Gasteiger partial charge >= 0.3 is 6.03 Å². The molecule has 2 aromatic heterocycles. The number of carbonyl (C=O) groups excluding carboxylic acids is 2. The molecule has 4 aromatic rings. The maximum absolute atomic E-state index is 13.4. The molecule has 2 heterocycles. The number of rotatable bonds is 7. The Morgan fingerprint density at radius 2 is 1.71 bits per heavy atom. The number of aromatic nitrogens is 3. The van der Waals surface area contributed by atoms with Gasteiger partial charge in [0.1, 0.15) is 10.8 Å². The number of amides is 2. The van der Waals surface area contributed by atoms with E-state index < -0.39 is 6.03 Å². The van der Waals surface area contributed by atoms with Gasteiger partial charge in [-0.2, -0.15) is 0 Å². The van der Waals surface area contributed by atoms with Crippen LogP contribution in [0.25, 0.3) is 5.00 Å². The molecule has 0 atom stereocenters. The molecule has 0 unspecified atom stereocenters. The molecule has 0 spiro atoms. The molecule has 0 radical (unpaired) electrons. The number of halogens is 2. The highest BCUT2D eigenvalue weighted by atomic mass is 35.5. The fourth-order valence-electron chi connectivity index (χ4n) is 3.40. The van der Waals surface area contributed by atoms with E-state index in [0.717, 1.165) is 11.3 Å². The Morgan fingerprint density at radius 1 is 1.00 bits per heavy atom. The molecule has 4 rings (SSSR count). The quantitative estimate of drug-likeness (QED) is 0.294. The molecule has 2 N–H and O–H groups in total. The predicted octanol–water partition coefficient (Wildman–Crippen LogP) is 6.06. The van der Waals surface area contributed by atoms with E-state index in [1.54, 1.807) is 60.0 Å². The summed E-state index contributed by atoms with van der Waals surface area (Å²) in [5.41, 5.74) is 1.44. The highest BCUT2D eigenvalue weighted by molar-refractivity contribution is 7.15. The van der Waals surface area contributed by atoms with E-state index in [0.29, 0.717) is 43.5 Å². The molecule has 0 fully saturated rings. The van der Waals surface area contributed by atoms with Gasteiger partial charge < -0.3 is 10.6 Å². The normalized spacial score (nSPS) is 10.8. The molecule has 174 valence electrons. The van der Waals surface area contributed by atoms with Crippen LogP contribution in [0.15, 0.2) is 54.6 Å². The summed E-state index contributed by atoms with van der Waals surface area (Å²) in [4.78, 5) is 26.9. The summed E-state index contributed by atoms with van der Waals surface area (Å²) in [6.45, 7) is 3.92. The van der Waals surface area contributed by atoms with Gasteiger partial charge in [0.2, 0.25) is 0 Å². The molecule has 0 aliphatic heterocycles. The maximum Gasteiger partial charge on any atom is 0.319 e. The largest absolute Gasteiger partial charge is 0.331 e. The minimum absolute atomic E-state index is 0.0935. The number of carbonyl (C=O) groups is 2. The summed E-state index contributed by atoms with van der Waals surface area (Å²) in [7, 11) is 0. The molecule has 10 heteroatoms. The van der Waals surface area contributed by atoms with Crippen molar-refractivity contribution in [2.24, 2.45) is 0 Å². The summed E-state index contributed by atoms with van der Waals surface area (Å²) in [5, 5.41) is 15.4. The monoisotopic (exact) mass is 513 g/mol. The molecular weight excluding hydrogens is 493 g/mol. The Morgan fingerprint density at radius 3 is 2.41 bits per heavy atom. The van der Waals surface area contributed by atoms with Crippen molar-refractivity contribution in [2.45, 2.75) is 26.8 Å². The first kappa shape index (κ1) is 23.9. The van der Waals surface area contributed by atoms with Crippen LogP contribution in [0.3, 0.4) is 0 Å².